The maximum atomic E-state index is 11.2. The maximum Gasteiger partial charge on any atom is 0.243 e. The Morgan fingerprint density at radius 3 is 3.08 bits per heavy atom. The summed E-state index contributed by atoms with van der Waals surface area (Å²) in [7, 11) is 1.92. The molecule has 0 unspecified atom stereocenters. The van der Waals surface area contributed by atoms with Crippen molar-refractivity contribution in [1.82, 2.24) is 0 Å². The fourth-order valence-electron chi connectivity index (χ4n) is 1.43. The van der Waals surface area contributed by atoms with Gasteiger partial charge in [0.1, 0.15) is 0 Å². The molecule has 0 atom stereocenters. The Morgan fingerprint density at radius 1 is 1.54 bits per heavy atom. The zero-order chi connectivity index (χ0) is 9.42. The summed E-state index contributed by atoms with van der Waals surface area (Å²) >= 11 is 2.23. The molecule has 1 aliphatic rings. The van der Waals surface area contributed by atoms with Crippen LogP contribution in [0.1, 0.15) is 0 Å². The summed E-state index contributed by atoms with van der Waals surface area (Å²) in [6.07, 6.45) is 0. The predicted molar refractivity (Wildman–Crippen MR) is 61.1 cm³/mol. The van der Waals surface area contributed by atoms with Crippen molar-refractivity contribution in [3.63, 3.8) is 0 Å². The zero-order valence-electron chi connectivity index (χ0n) is 7.17. The maximum absolute atomic E-state index is 11.2. The van der Waals surface area contributed by atoms with Gasteiger partial charge in [-0.1, -0.05) is 0 Å². The van der Waals surface area contributed by atoms with E-state index in [2.05, 4.69) is 27.9 Å². The van der Waals surface area contributed by atoms with Crippen LogP contribution in [-0.2, 0) is 4.79 Å². The molecule has 0 spiro atoms. The second kappa shape index (κ2) is 3.17. The highest BCUT2D eigenvalue weighted by Crippen LogP contribution is 2.29. The summed E-state index contributed by atoms with van der Waals surface area (Å²) in [6, 6.07) is 6.04. The smallest absolute Gasteiger partial charge is 0.243 e. The predicted octanol–water partition coefficient (Wildman–Crippen LogP) is 1.68. The van der Waals surface area contributed by atoms with Crippen LogP contribution in [0, 0.1) is 3.57 Å². The standard InChI is InChI=1S/C9H9IN2O/c1-12-5-9(13)11-7-4-6(10)2-3-8(7)12/h2-4H,5H2,1H3,(H,11,13). The normalized spacial score (nSPS) is 15.2. The number of benzene rings is 1. The number of amides is 1. The zero-order valence-corrected chi connectivity index (χ0v) is 9.33. The molecule has 4 heteroatoms. The molecule has 1 heterocycles. The number of fused-ring (bicyclic) bond motifs is 1. The van der Waals surface area contributed by atoms with Gasteiger partial charge in [-0.25, -0.2) is 0 Å². The first kappa shape index (κ1) is 8.80. The van der Waals surface area contributed by atoms with Gasteiger partial charge >= 0.3 is 0 Å². The Morgan fingerprint density at radius 2 is 2.31 bits per heavy atom. The second-order valence-electron chi connectivity index (χ2n) is 3.07. The monoisotopic (exact) mass is 288 g/mol. The van der Waals surface area contributed by atoms with Crippen molar-refractivity contribution < 1.29 is 4.79 Å². The number of hydrogen-bond acceptors (Lipinski definition) is 2. The van der Waals surface area contributed by atoms with Crippen LogP contribution in [0.2, 0.25) is 0 Å². The van der Waals surface area contributed by atoms with Gasteiger partial charge in [0, 0.05) is 10.6 Å². The lowest BCUT2D eigenvalue weighted by molar-refractivity contribution is -0.115. The van der Waals surface area contributed by atoms with E-state index >= 15 is 0 Å². The van der Waals surface area contributed by atoms with Crippen LogP contribution in [0.3, 0.4) is 0 Å². The van der Waals surface area contributed by atoms with E-state index in [1.807, 2.05) is 30.1 Å². The van der Waals surface area contributed by atoms with E-state index in [9.17, 15) is 4.79 Å². The van der Waals surface area contributed by atoms with E-state index in [1.54, 1.807) is 0 Å². The molecular formula is C9H9IN2O. The Bertz CT molecular complexity index is 365. The number of anilines is 2. The second-order valence-corrected chi connectivity index (χ2v) is 4.31. The van der Waals surface area contributed by atoms with E-state index in [0.717, 1.165) is 14.9 Å². The van der Waals surface area contributed by atoms with Gasteiger partial charge in [0.2, 0.25) is 5.91 Å². The lowest BCUT2D eigenvalue weighted by Crippen LogP contribution is -2.35. The molecular weight excluding hydrogens is 279 g/mol. The molecule has 68 valence electrons. The van der Waals surface area contributed by atoms with Gasteiger partial charge in [0.25, 0.3) is 0 Å². The summed E-state index contributed by atoms with van der Waals surface area (Å²) < 4.78 is 1.13. The fourth-order valence-corrected chi connectivity index (χ4v) is 1.92. The van der Waals surface area contributed by atoms with Crippen molar-refractivity contribution in [2.75, 3.05) is 23.8 Å². The number of rotatable bonds is 0. The molecule has 0 saturated carbocycles. The minimum atomic E-state index is 0.0528. The molecule has 0 saturated heterocycles. The average Bonchev–Trinajstić information content (AvgIpc) is 2.02. The molecule has 0 radical (unpaired) electrons. The Labute approximate surface area is 90.3 Å². The van der Waals surface area contributed by atoms with Gasteiger partial charge < -0.3 is 10.2 Å². The van der Waals surface area contributed by atoms with Crippen molar-refractivity contribution in [3.05, 3.63) is 21.8 Å². The number of nitrogens with zero attached hydrogens (tertiary/aromatic N) is 1. The van der Waals surface area contributed by atoms with Gasteiger partial charge in [-0.2, -0.15) is 0 Å². The van der Waals surface area contributed by atoms with Crippen molar-refractivity contribution in [1.29, 1.82) is 0 Å². The van der Waals surface area contributed by atoms with E-state index in [4.69, 9.17) is 0 Å². The van der Waals surface area contributed by atoms with Crippen LogP contribution in [0.5, 0.6) is 0 Å². The minimum absolute atomic E-state index is 0.0528. The minimum Gasteiger partial charge on any atom is -0.364 e. The Hall–Kier alpha value is -0.780. The van der Waals surface area contributed by atoms with Gasteiger partial charge in [-0.15, -0.1) is 0 Å². The van der Waals surface area contributed by atoms with Gasteiger partial charge in [-0.3, -0.25) is 4.79 Å². The molecule has 1 N–H and O–H groups in total. The van der Waals surface area contributed by atoms with Crippen molar-refractivity contribution in [2.45, 2.75) is 0 Å². The molecule has 1 aromatic carbocycles. The van der Waals surface area contributed by atoms with Crippen molar-refractivity contribution in [3.8, 4) is 0 Å². The van der Waals surface area contributed by atoms with Crippen LogP contribution in [0.25, 0.3) is 0 Å². The fraction of sp³-hybridized carbons (Fsp3) is 0.222. The SMILES string of the molecule is CN1CC(=O)Nc2cc(I)ccc21. The third-order valence-electron chi connectivity index (χ3n) is 2.02. The van der Waals surface area contributed by atoms with Gasteiger partial charge in [0.15, 0.2) is 0 Å². The molecule has 1 amide bonds. The Balaban J connectivity index is 2.49. The van der Waals surface area contributed by atoms with Gasteiger partial charge in [0.05, 0.1) is 17.9 Å². The van der Waals surface area contributed by atoms with Crippen LogP contribution in [0.4, 0.5) is 11.4 Å². The highest BCUT2D eigenvalue weighted by Gasteiger charge is 2.18. The quantitative estimate of drug-likeness (QED) is 0.737. The highest BCUT2D eigenvalue weighted by atomic mass is 127. The molecule has 3 nitrogen and oxygen atoms in total. The van der Waals surface area contributed by atoms with E-state index in [-0.39, 0.29) is 5.91 Å². The number of likely N-dealkylation sites (N-methyl/N-ethyl adjacent to an activating group) is 1. The summed E-state index contributed by atoms with van der Waals surface area (Å²) in [5.74, 6) is 0.0528. The summed E-state index contributed by atoms with van der Waals surface area (Å²) in [5, 5.41) is 2.85. The van der Waals surface area contributed by atoms with E-state index in [0.29, 0.717) is 6.54 Å². The molecule has 0 fully saturated rings. The summed E-state index contributed by atoms with van der Waals surface area (Å²) in [6.45, 7) is 0.438. The summed E-state index contributed by atoms with van der Waals surface area (Å²) in [5.41, 5.74) is 1.99. The van der Waals surface area contributed by atoms with Gasteiger partial charge in [-0.05, 0) is 40.8 Å². The first-order valence-corrected chi connectivity index (χ1v) is 5.05. The van der Waals surface area contributed by atoms with Crippen molar-refractivity contribution in [2.24, 2.45) is 0 Å². The highest BCUT2D eigenvalue weighted by molar-refractivity contribution is 14.1. The van der Waals surface area contributed by atoms with E-state index in [1.165, 1.54) is 0 Å². The molecule has 0 aliphatic carbocycles. The lowest BCUT2D eigenvalue weighted by Gasteiger charge is -2.27. The summed E-state index contributed by atoms with van der Waals surface area (Å²) in [4.78, 5) is 13.1. The number of carbonyl (C=O) groups excluding carboxylic acids is 1. The third kappa shape index (κ3) is 1.63. The van der Waals surface area contributed by atoms with Crippen LogP contribution in [0.15, 0.2) is 18.2 Å². The molecule has 0 aromatic heterocycles. The first-order chi connectivity index (χ1) is 6.16. The molecule has 1 aliphatic heterocycles. The number of halogens is 1. The lowest BCUT2D eigenvalue weighted by atomic mass is 10.2. The number of nitrogens with one attached hydrogen (secondary N) is 1. The van der Waals surface area contributed by atoms with Crippen LogP contribution >= 0.6 is 22.6 Å². The topological polar surface area (TPSA) is 32.3 Å². The molecule has 13 heavy (non-hydrogen) atoms. The van der Waals surface area contributed by atoms with E-state index < -0.39 is 0 Å². The third-order valence-corrected chi connectivity index (χ3v) is 2.70. The largest absolute Gasteiger partial charge is 0.364 e. The first-order valence-electron chi connectivity index (χ1n) is 3.97. The molecule has 2 rings (SSSR count). The average molecular weight is 288 g/mol. The molecule has 0 bridgehead atoms. The number of hydrogen-bond donors (Lipinski definition) is 1. The Kier molecular flexibility index (Phi) is 2.15. The van der Waals surface area contributed by atoms with Crippen molar-refractivity contribution >= 4 is 39.9 Å². The van der Waals surface area contributed by atoms with Crippen LogP contribution in [-0.4, -0.2) is 19.5 Å². The molecule has 1 aromatic rings. The van der Waals surface area contributed by atoms with Crippen LogP contribution < -0.4 is 10.2 Å². The number of carbonyl (C=O) groups is 1.